The summed E-state index contributed by atoms with van der Waals surface area (Å²) in [6.45, 7) is 2.09. The van der Waals surface area contributed by atoms with E-state index in [4.69, 9.17) is 21.7 Å². The lowest BCUT2D eigenvalue weighted by atomic mass is 10.1. The van der Waals surface area contributed by atoms with E-state index in [0.29, 0.717) is 12.3 Å². The third kappa shape index (κ3) is 2.93. The highest BCUT2D eigenvalue weighted by molar-refractivity contribution is 7.80. The van der Waals surface area contributed by atoms with Crippen molar-refractivity contribution in [2.45, 2.75) is 13.5 Å². The molecule has 0 saturated carbocycles. The maximum absolute atomic E-state index is 13.4. The van der Waals surface area contributed by atoms with Crippen LogP contribution in [0.3, 0.4) is 0 Å². The zero-order valence-corrected chi connectivity index (χ0v) is 12.3. The third-order valence-corrected chi connectivity index (χ3v) is 3.16. The molecule has 2 rings (SSSR count). The fourth-order valence-electron chi connectivity index (χ4n) is 1.95. The first kappa shape index (κ1) is 15.5. The number of hydrogen-bond acceptors (Lipinski definition) is 5. The van der Waals surface area contributed by atoms with Gasteiger partial charge >= 0.3 is 0 Å². The maximum atomic E-state index is 13.4. The number of halogens is 2. The Labute approximate surface area is 125 Å². The summed E-state index contributed by atoms with van der Waals surface area (Å²) in [6, 6.07) is 1.79. The fourth-order valence-corrected chi connectivity index (χ4v) is 2.28. The molecule has 7 heteroatoms. The second kappa shape index (κ2) is 6.28. The molecule has 112 valence electrons. The molecule has 0 bridgehead atoms. The van der Waals surface area contributed by atoms with Gasteiger partial charge in [0.2, 0.25) is 0 Å². The Balaban J connectivity index is 2.75. The van der Waals surface area contributed by atoms with Crippen LogP contribution in [0.4, 0.5) is 8.78 Å². The quantitative estimate of drug-likeness (QED) is 0.879. The van der Waals surface area contributed by atoms with E-state index in [0.717, 1.165) is 12.1 Å². The van der Waals surface area contributed by atoms with Gasteiger partial charge in [0.1, 0.15) is 5.75 Å². The summed E-state index contributed by atoms with van der Waals surface area (Å²) in [5, 5.41) is 10.4. The van der Waals surface area contributed by atoms with Crippen LogP contribution in [0.5, 0.6) is 5.75 Å². The van der Waals surface area contributed by atoms with Gasteiger partial charge in [-0.15, -0.1) is 0 Å². The zero-order valence-electron chi connectivity index (χ0n) is 11.4. The molecule has 0 spiro atoms. The molecule has 0 amide bonds. The summed E-state index contributed by atoms with van der Waals surface area (Å²) in [5.41, 5.74) is 0.570. The van der Waals surface area contributed by atoms with E-state index in [1.807, 2.05) is 0 Å². The van der Waals surface area contributed by atoms with Gasteiger partial charge in [-0.3, -0.25) is 0 Å². The minimum absolute atomic E-state index is 0.0289. The number of nitrogens with zero attached hydrogens (tertiary/aromatic N) is 1. The molecule has 21 heavy (non-hydrogen) atoms. The molecule has 4 nitrogen and oxygen atoms in total. The minimum atomic E-state index is -1.08. The lowest BCUT2D eigenvalue weighted by Gasteiger charge is -2.14. The van der Waals surface area contributed by atoms with Crippen LogP contribution in [0.2, 0.25) is 0 Å². The second-order valence-corrected chi connectivity index (χ2v) is 4.59. The molecule has 0 unspecified atom stereocenters. The van der Waals surface area contributed by atoms with Crippen LogP contribution in [-0.2, 0) is 16.1 Å². The standard InChI is InChI=1S/C14H13F2NO3S/c1-3-20-14(21)12-11(6-19-2)17-10-5-9(16)8(15)4-7(10)13(12)18/h4-5H,3,6H2,1-2H3,(H,17,18). The van der Waals surface area contributed by atoms with Gasteiger partial charge in [-0.25, -0.2) is 13.8 Å². The van der Waals surface area contributed by atoms with Crippen molar-refractivity contribution in [3.05, 3.63) is 35.0 Å². The molecule has 0 aliphatic heterocycles. The van der Waals surface area contributed by atoms with Crippen molar-refractivity contribution >= 4 is 28.2 Å². The monoisotopic (exact) mass is 313 g/mol. The summed E-state index contributed by atoms with van der Waals surface area (Å²) in [7, 11) is 1.45. The molecule has 0 atom stereocenters. The van der Waals surface area contributed by atoms with Gasteiger partial charge in [0.25, 0.3) is 0 Å². The number of ether oxygens (including phenoxy) is 2. The van der Waals surface area contributed by atoms with E-state index in [9.17, 15) is 13.9 Å². The van der Waals surface area contributed by atoms with Gasteiger partial charge in [-0.1, -0.05) is 0 Å². The summed E-state index contributed by atoms with van der Waals surface area (Å²) in [4.78, 5) is 4.17. The molecular formula is C14H13F2NO3S. The first-order chi connectivity index (χ1) is 9.99. The van der Waals surface area contributed by atoms with Crippen molar-refractivity contribution in [2.24, 2.45) is 0 Å². The summed E-state index contributed by atoms with van der Waals surface area (Å²) >= 11 is 5.08. The molecule has 0 aliphatic carbocycles. The highest BCUT2D eigenvalue weighted by atomic mass is 32.1. The Morgan fingerprint density at radius 2 is 2.00 bits per heavy atom. The number of benzene rings is 1. The van der Waals surface area contributed by atoms with Gasteiger partial charge in [-0.2, -0.15) is 0 Å². The van der Waals surface area contributed by atoms with Crippen LogP contribution in [0.25, 0.3) is 10.9 Å². The predicted octanol–water partition coefficient (Wildman–Crippen LogP) is 3.08. The summed E-state index contributed by atoms with van der Waals surface area (Å²) in [6.07, 6.45) is 0. The van der Waals surface area contributed by atoms with Crippen molar-refractivity contribution in [2.75, 3.05) is 13.7 Å². The van der Waals surface area contributed by atoms with Gasteiger partial charge in [-0.05, 0) is 25.2 Å². The normalized spacial score (nSPS) is 10.9. The van der Waals surface area contributed by atoms with E-state index in [2.05, 4.69) is 4.98 Å². The van der Waals surface area contributed by atoms with E-state index in [1.165, 1.54) is 7.11 Å². The first-order valence-corrected chi connectivity index (χ1v) is 6.57. The van der Waals surface area contributed by atoms with Crippen LogP contribution < -0.4 is 0 Å². The van der Waals surface area contributed by atoms with Crippen LogP contribution in [0.15, 0.2) is 12.1 Å². The molecule has 1 aromatic heterocycles. The van der Waals surface area contributed by atoms with Gasteiger partial charge in [0, 0.05) is 18.6 Å². The van der Waals surface area contributed by atoms with Crippen LogP contribution in [-0.4, -0.2) is 28.9 Å². The Morgan fingerprint density at radius 1 is 1.33 bits per heavy atom. The molecule has 0 saturated heterocycles. The molecule has 0 aliphatic rings. The van der Waals surface area contributed by atoms with E-state index < -0.39 is 11.6 Å². The van der Waals surface area contributed by atoms with Crippen molar-refractivity contribution in [3.63, 3.8) is 0 Å². The summed E-state index contributed by atoms with van der Waals surface area (Å²) < 4.78 is 36.9. The smallest absolute Gasteiger partial charge is 0.196 e. The average Bonchev–Trinajstić information content (AvgIpc) is 2.42. The number of aromatic hydroxyl groups is 1. The topological polar surface area (TPSA) is 51.6 Å². The number of methoxy groups -OCH3 is 1. The van der Waals surface area contributed by atoms with Gasteiger partial charge in [0.05, 0.1) is 30.0 Å². The lowest BCUT2D eigenvalue weighted by Crippen LogP contribution is -2.10. The molecule has 0 fully saturated rings. The maximum Gasteiger partial charge on any atom is 0.196 e. The fraction of sp³-hybridized carbons (Fsp3) is 0.286. The van der Waals surface area contributed by atoms with Crippen molar-refractivity contribution in [1.29, 1.82) is 0 Å². The number of rotatable bonds is 4. The van der Waals surface area contributed by atoms with Crippen LogP contribution >= 0.6 is 12.2 Å². The lowest BCUT2D eigenvalue weighted by molar-refractivity contribution is 0.181. The highest BCUT2D eigenvalue weighted by Crippen LogP contribution is 2.32. The molecule has 2 aromatic rings. The molecule has 1 heterocycles. The molecular weight excluding hydrogens is 300 g/mol. The zero-order chi connectivity index (χ0) is 15.6. The Morgan fingerprint density at radius 3 is 2.62 bits per heavy atom. The van der Waals surface area contributed by atoms with Crippen LogP contribution in [0, 0.1) is 11.6 Å². The Kier molecular flexibility index (Phi) is 4.64. The number of fused-ring (bicyclic) bond motifs is 1. The minimum Gasteiger partial charge on any atom is -0.506 e. The van der Waals surface area contributed by atoms with Crippen molar-refractivity contribution < 1.29 is 23.4 Å². The largest absolute Gasteiger partial charge is 0.506 e. The van der Waals surface area contributed by atoms with E-state index in [1.54, 1.807) is 6.92 Å². The Hall–Kier alpha value is -1.86. The number of pyridine rings is 1. The number of thiocarbonyl (C=S) groups is 1. The number of hydrogen-bond donors (Lipinski definition) is 1. The first-order valence-electron chi connectivity index (χ1n) is 6.16. The Bertz CT molecular complexity index is 706. The predicted molar refractivity (Wildman–Crippen MR) is 77.4 cm³/mol. The summed E-state index contributed by atoms with van der Waals surface area (Å²) in [5.74, 6) is -2.42. The highest BCUT2D eigenvalue weighted by Gasteiger charge is 2.20. The molecule has 1 N–H and O–H groups in total. The third-order valence-electron chi connectivity index (χ3n) is 2.84. The van der Waals surface area contributed by atoms with Crippen molar-refractivity contribution in [1.82, 2.24) is 4.98 Å². The van der Waals surface area contributed by atoms with E-state index >= 15 is 0 Å². The van der Waals surface area contributed by atoms with Gasteiger partial charge in [0.15, 0.2) is 16.7 Å². The van der Waals surface area contributed by atoms with Crippen molar-refractivity contribution in [3.8, 4) is 5.75 Å². The van der Waals surface area contributed by atoms with Gasteiger partial charge < -0.3 is 14.6 Å². The molecule has 1 aromatic carbocycles. The molecule has 0 radical (unpaired) electrons. The van der Waals surface area contributed by atoms with E-state index in [-0.39, 0.29) is 33.9 Å². The SMILES string of the molecule is CCOC(=S)c1c(COC)nc2cc(F)c(F)cc2c1O. The average molecular weight is 313 g/mol. The van der Waals surface area contributed by atoms with Crippen LogP contribution in [0.1, 0.15) is 18.2 Å². The number of aromatic nitrogens is 1. The second-order valence-electron chi connectivity index (χ2n) is 4.22.